The molecule has 2 N–H and O–H groups in total. The molecule has 0 saturated heterocycles. The number of nitro groups is 1. The first-order valence-electron chi connectivity index (χ1n) is 5.16. The van der Waals surface area contributed by atoms with Gasteiger partial charge in [0.25, 0.3) is 5.69 Å². The molecule has 0 saturated carbocycles. The number of aliphatic hydroxyl groups is 1. The predicted octanol–water partition coefficient (Wildman–Crippen LogP) is 0.748. The van der Waals surface area contributed by atoms with Crippen LogP contribution >= 0.6 is 0 Å². The average Bonchev–Trinajstić information content (AvgIpc) is 2.35. The van der Waals surface area contributed by atoms with Crippen LogP contribution in [-0.4, -0.2) is 35.0 Å². The molecule has 0 bridgehead atoms. The molecule has 1 aromatic carbocycles. The largest absolute Gasteiger partial charge is 0.395 e. The van der Waals surface area contributed by atoms with Gasteiger partial charge in [-0.1, -0.05) is 0 Å². The molecular formula is C11H14N2O4. The normalized spacial score (nSPS) is 12.1. The fourth-order valence-electron chi connectivity index (χ4n) is 1.20. The Hall–Kier alpha value is -1.79. The first kappa shape index (κ1) is 13.3. The van der Waals surface area contributed by atoms with Gasteiger partial charge in [-0.2, -0.15) is 0 Å². The molecule has 0 fully saturated rings. The van der Waals surface area contributed by atoms with E-state index in [-0.39, 0.29) is 30.7 Å². The number of nitrogens with one attached hydrogen (secondary N) is 1. The Bertz CT molecular complexity index is 402. The van der Waals surface area contributed by atoms with Gasteiger partial charge in [-0.15, -0.1) is 0 Å². The summed E-state index contributed by atoms with van der Waals surface area (Å²) in [4.78, 5) is 21.5. The zero-order valence-electron chi connectivity index (χ0n) is 9.42. The van der Waals surface area contributed by atoms with Crippen molar-refractivity contribution in [3.05, 3.63) is 39.9 Å². The van der Waals surface area contributed by atoms with Gasteiger partial charge >= 0.3 is 0 Å². The summed E-state index contributed by atoms with van der Waals surface area (Å²) in [6, 6.07) is 5.28. The van der Waals surface area contributed by atoms with Gasteiger partial charge < -0.3 is 10.4 Å². The molecule has 1 unspecified atom stereocenters. The molecule has 1 rings (SSSR count). The van der Waals surface area contributed by atoms with E-state index in [1.807, 2.05) is 0 Å². The third-order valence-corrected chi connectivity index (χ3v) is 2.29. The Morgan fingerprint density at radius 1 is 1.47 bits per heavy atom. The number of benzene rings is 1. The SMILES string of the molecule is CC(CO)NCC(=O)c1ccc([N+](=O)[O-])cc1. The van der Waals surface area contributed by atoms with E-state index in [4.69, 9.17) is 5.11 Å². The summed E-state index contributed by atoms with van der Waals surface area (Å²) >= 11 is 0. The molecule has 0 aliphatic rings. The Kier molecular flexibility index (Phi) is 4.74. The third-order valence-electron chi connectivity index (χ3n) is 2.29. The second-order valence-corrected chi connectivity index (χ2v) is 3.69. The smallest absolute Gasteiger partial charge is 0.269 e. The summed E-state index contributed by atoms with van der Waals surface area (Å²) < 4.78 is 0. The number of nitro benzene ring substituents is 1. The van der Waals surface area contributed by atoms with E-state index in [9.17, 15) is 14.9 Å². The Morgan fingerprint density at radius 2 is 2.06 bits per heavy atom. The van der Waals surface area contributed by atoms with Crippen LogP contribution in [0.15, 0.2) is 24.3 Å². The summed E-state index contributed by atoms with van der Waals surface area (Å²) in [7, 11) is 0. The number of non-ortho nitro benzene ring substituents is 1. The molecule has 1 aromatic rings. The molecule has 0 aliphatic carbocycles. The van der Waals surface area contributed by atoms with Crippen LogP contribution in [-0.2, 0) is 0 Å². The van der Waals surface area contributed by atoms with Crippen LogP contribution in [0.4, 0.5) is 5.69 Å². The predicted molar refractivity (Wildman–Crippen MR) is 62.0 cm³/mol. The number of hydrogen-bond acceptors (Lipinski definition) is 5. The fourth-order valence-corrected chi connectivity index (χ4v) is 1.20. The van der Waals surface area contributed by atoms with Crippen LogP contribution in [0.1, 0.15) is 17.3 Å². The van der Waals surface area contributed by atoms with Crippen molar-refractivity contribution >= 4 is 11.5 Å². The third kappa shape index (κ3) is 3.93. The highest BCUT2D eigenvalue weighted by Crippen LogP contribution is 2.12. The molecule has 0 aromatic heterocycles. The van der Waals surface area contributed by atoms with Gasteiger partial charge in [-0.25, -0.2) is 0 Å². The lowest BCUT2D eigenvalue weighted by atomic mass is 10.1. The van der Waals surface area contributed by atoms with Crippen molar-refractivity contribution in [3.8, 4) is 0 Å². The highest BCUT2D eigenvalue weighted by atomic mass is 16.6. The van der Waals surface area contributed by atoms with E-state index in [2.05, 4.69) is 5.32 Å². The summed E-state index contributed by atoms with van der Waals surface area (Å²) in [6.45, 7) is 1.80. The topological polar surface area (TPSA) is 92.5 Å². The minimum absolute atomic E-state index is 0.0433. The molecule has 0 spiro atoms. The quantitative estimate of drug-likeness (QED) is 0.433. The molecule has 6 heteroatoms. The van der Waals surface area contributed by atoms with Gasteiger partial charge in [0.1, 0.15) is 0 Å². The maximum Gasteiger partial charge on any atom is 0.269 e. The van der Waals surface area contributed by atoms with E-state index in [0.717, 1.165) is 0 Å². The minimum Gasteiger partial charge on any atom is -0.395 e. The number of Topliss-reactive ketones (excluding diaryl/α,β-unsaturated/α-hetero) is 1. The number of carbonyl (C=O) groups is 1. The van der Waals surface area contributed by atoms with Gasteiger partial charge in [-0.3, -0.25) is 14.9 Å². The van der Waals surface area contributed by atoms with Crippen molar-refractivity contribution in [2.45, 2.75) is 13.0 Å². The van der Waals surface area contributed by atoms with Crippen LogP contribution in [0.2, 0.25) is 0 Å². The molecule has 0 heterocycles. The maximum absolute atomic E-state index is 11.6. The Balaban J connectivity index is 2.61. The van der Waals surface area contributed by atoms with E-state index >= 15 is 0 Å². The van der Waals surface area contributed by atoms with Crippen LogP contribution < -0.4 is 5.32 Å². The average molecular weight is 238 g/mol. The summed E-state index contributed by atoms with van der Waals surface area (Å²) in [5.41, 5.74) is 0.367. The van der Waals surface area contributed by atoms with E-state index < -0.39 is 4.92 Å². The van der Waals surface area contributed by atoms with E-state index in [0.29, 0.717) is 5.56 Å². The molecule has 0 aliphatic heterocycles. The van der Waals surface area contributed by atoms with Gasteiger partial charge in [0.05, 0.1) is 18.1 Å². The van der Waals surface area contributed by atoms with Crippen LogP contribution in [0.3, 0.4) is 0 Å². The molecule has 1 atom stereocenters. The standard InChI is InChI=1S/C11H14N2O4/c1-8(7-14)12-6-11(15)9-2-4-10(5-3-9)13(16)17/h2-5,8,12,14H,6-7H2,1H3. The Morgan fingerprint density at radius 3 is 2.53 bits per heavy atom. The molecule has 17 heavy (non-hydrogen) atoms. The second-order valence-electron chi connectivity index (χ2n) is 3.69. The number of ketones is 1. The number of hydrogen-bond donors (Lipinski definition) is 2. The van der Waals surface area contributed by atoms with Crippen molar-refractivity contribution in [1.82, 2.24) is 5.32 Å². The fraction of sp³-hybridized carbons (Fsp3) is 0.364. The zero-order valence-corrected chi connectivity index (χ0v) is 9.42. The molecular weight excluding hydrogens is 224 g/mol. The second kappa shape index (κ2) is 6.07. The first-order chi connectivity index (χ1) is 8.04. The monoisotopic (exact) mass is 238 g/mol. The molecule has 92 valence electrons. The van der Waals surface area contributed by atoms with Gasteiger partial charge in [0, 0.05) is 23.7 Å². The van der Waals surface area contributed by atoms with Crippen molar-refractivity contribution in [2.75, 3.05) is 13.2 Å². The summed E-state index contributed by atoms with van der Waals surface area (Å²) in [6.07, 6.45) is 0. The maximum atomic E-state index is 11.6. The minimum atomic E-state index is -0.514. The van der Waals surface area contributed by atoms with Crippen molar-refractivity contribution in [3.63, 3.8) is 0 Å². The van der Waals surface area contributed by atoms with Crippen molar-refractivity contribution in [1.29, 1.82) is 0 Å². The van der Waals surface area contributed by atoms with Crippen molar-refractivity contribution < 1.29 is 14.8 Å². The van der Waals surface area contributed by atoms with Crippen LogP contribution in [0.5, 0.6) is 0 Å². The zero-order chi connectivity index (χ0) is 12.8. The van der Waals surface area contributed by atoms with Gasteiger partial charge in [0.15, 0.2) is 5.78 Å². The molecule has 0 amide bonds. The summed E-state index contributed by atoms with van der Waals surface area (Å²) in [5, 5.41) is 22.0. The lowest BCUT2D eigenvalue weighted by molar-refractivity contribution is -0.384. The summed E-state index contributed by atoms with van der Waals surface area (Å²) in [5.74, 6) is -0.166. The first-order valence-corrected chi connectivity index (χ1v) is 5.16. The molecule has 6 nitrogen and oxygen atoms in total. The Labute approximate surface area is 98.4 Å². The van der Waals surface area contributed by atoms with Crippen LogP contribution in [0, 0.1) is 10.1 Å². The lowest BCUT2D eigenvalue weighted by Crippen LogP contribution is -2.33. The van der Waals surface area contributed by atoms with Gasteiger partial charge in [-0.05, 0) is 19.1 Å². The number of nitrogens with zero attached hydrogens (tertiary/aromatic N) is 1. The van der Waals surface area contributed by atoms with E-state index in [1.54, 1.807) is 6.92 Å². The number of rotatable bonds is 6. The number of carbonyl (C=O) groups excluding carboxylic acids is 1. The lowest BCUT2D eigenvalue weighted by Gasteiger charge is -2.09. The van der Waals surface area contributed by atoms with Crippen molar-refractivity contribution in [2.24, 2.45) is 0 Å². The highest BCUT2D eigenvalue weighted by Gasteiger charge is 2.10. The van der Waals surface area contributed by atoms with Crippen LogP contribution in [0.25, 0.3) is 0 Å². The molecule has 0 radical (unpaired) electrons. The highest BCUT2D eigenvalue weighted by molar-refractivity contribution is 5.97. The number of aliphatic hydroxyl groups excluding tert-OH is 1. The van der Waals surface area contributed by atoms with E-state index in [1.165, 1.54) is 24.3 Å². The van der Waals surface area contributed by atoms with Gasteiger partial charge in [0.2, 0.25) is 0 Å².